The van der Waals surface area contributed by atoms with Crippen molar-refractivity contribution >= 4 is 22.7 Å². The van der Waals surface area contributed by atoms with Gasteiger partial charge in [-0.2, -0.15) is 0 Å². The van der Waals surface area contributed by atoms with Gasteiger partial charge in [-0.15, -0.1) is 0 Å². The highest BCUT2D eigenvalue weighted by Crippen LogP contribution is 2.41. The third-order valence-electron chi connectivity index (χ3n) is 6.17. The summed E-state index contributed by atoms with van der Waals surface area (Å²) in [6.07, 6.45) is 2.83. The zero-order chi connectivity index (χ0) is 22.1. The van der Waals surface area contributed by atoms with Gasteiger partial charge in [-0.1, -0.05) is 66.7 Å². The quantitative estimate of drug-likeness (QED) is 0.508. The van der Waals surface area contributed by atoms with Crippen LogP contribution < -0.4 is 5.32 Å². The van der Waals surface area contributed by atoms with Crippen LogP contribution >= 0.6 is 0 Å². The topological polar surface area (TPSA) is 54.3 Å². The van der Waals surface area contributed by atoms with E-state index in [-0.39, 0.29) is 24.4 Å². The SMILES string of the molecule is Cn1cc([C@H]2c3ccccc3C(=O)N2CC(=O)NCCc2ccccc2)c2ccccc21. The zero-order valence-corrected chi connectivity index (χ0v) is 18.0. The molecule has 5 rings (SSSR count). The lowest BCUT2D eigenvalue weighted by Gasteiger charge is -2.25. The van der Waals surface area contributed by atoms with E-state index in [4.69, 9.17) is 0 Å². The Kier molecular flexibility index (Phi) is 5.23. The molecule has 1 N–H and O–H groups in total. The lowest BCUT2D eigenvalue weighted by molar-refractivity contribution is -0.122. The average Bonchev–Trinajstić information content (AvgIpc) is 3.29. The van der Waals surface area contributed by atoms with Crippen molar-refractivity contribution < 1.29 is 9.59 Å². The molecule has 5 nitrogen and oxygen atoms in total. The predicted octanol–water partition coefficient (Wildman–Crippen LogP) is 4.08. The van der Waals surface area contributed by atoms with E-state index in [1.165, 1.54) is 5.56 Å². The minimum Gasteiger partial charge on any atom is -0.354 e. The molecule has 160 valence electrons. The summed E-state index contributed by atoms with van der Waals surface area (Å²) in [5.74, 6) is -0.246. The van der Waals surface area contributed by atoms with Crippen LogP contribution in [0.1, 0.15) is 33.1 Å². The van der Waals surface area contributed by atoms with Crippen LogP contribution in [0.5, 0.6) is 0 Å². The molecule has 0 saturated heterocycles. The molecule has 0 bridgehead atoms. The molecule has 0 fully saturated rings. The number of hydrogen-bond acceptors (Lipinski definition) is 2. The molecule has 4 aromatic rings. The fraction of sp³-hybridized carbons (Fsp3) is 0.185. The number of nitrogens with zero attached hydrogens (tertiary/aromatic N) is 2. The number of aromatic nitrogens is 1. The van der Waals surface area contributed by atoms with E-state index < -0.39 is 0 Å². The third kappa shape index (κ3) is 3.56. The summed E-state index contributed by atoms with van der Waals surface area (Å²) in [5.41, 5.74) is 4.93. The lowest BCUT2D eigenvalue weighted by atomic mass is 9.97. The Morgan fingerprint density at radius 3 is 2.47 bits per heavy atom. The van der Waals surface area contributed by atoms with Crippen LogP contribution in [0.15, 0.2) is 85.1 Å². The van der Waals surface area contributed by atoms with Crippen molar-refractivity contribution in [1.82, 2.24) is 14.8 Å². The van der Waals surface area contributed by atoms with E-state index in [1.807, 2.05) is 73.8 Å². The van der Waals surface area contributed by atoms with Crippen molar-refractivity contribution in [3.05, 3.63) is 107 Å². The maximum atomic E-state index is 13.3. The first-order valence-corrected chi connectivity index (χ1v) is 10.9. The number of aryl methyl sites for hydroxylation is 1. The highest BCUT2D eigenvalue weighted by molar-refractivity contribution is 6.02. The van der Waals surface area contributed by atoms with Crippen molar-refractivity contribution in [2.24, 2.45) is 7.05 Å². The highest BCUT2D eigenvalue weighted by Gasteiger charge is 2.39. The molecule has 0 unspecified atom stereocenters. The van der Waals surface area contributed by atoms with Gasteiger partial charge in [-0.3, -0.25) is 9.59 Å². The number of rotatable bonds is 6. The summed E-state index contributed by atoms with van der Waals surface area (Å²) in [5, 5.41) is 4.08. The van der Waals surface area contributed by atoms with Crippen LogP contribution in [0.2, 0.25) is 0 Å². The largest absolute Gasteiger partial charge is 0.354 e. The monoisotopic (exact) mass is 423 g/mol. The standard InChI is InChI=1S/C27H25N3O2/c1-29-17-23(20-11-7-8-14-24(20)29)26-21-12-5-6-13-22(21)27(32)30(26)18-25(31)28-16-15-19-9-3-2-4-10-19/h2-14,17,26H,15-16,18H2,1H3,(H,28,31)/t26-/m1/s1. The van der Waals surface area contributed by atoms with E-state index in [9.17, 15) is 9.59 Å². The van der Waals surface area contributed by atoms with Crippen LogP contribution in [0, 0.1) is 0 Å². The van der Waals surface area contributed by atoms with Crippen molar-refractivity contribution in [2.45, 2.75) is 12.5 Å². The third-order valence-corrected chi connectivity index (χ3v) is 6.17. The molecule has 3 aromatic carbocycles. The second-order valence-corrected chi connectivity index (χ2v) is 8.22. The zero-order valence-electron chi connectivity index (χ0n) is 18.0. The molecule has 2 amide bonds. The number of hydrogen-bond donors (Lipinski definition) is 1. The van der Waals surface area contributed by atoms with E-state index in [2.05, 4.69) is 28.2 Å². The summed E-state index contributed by atoms with van der Waals surface area (Å²) in [7, 11) is 2.01. The van der Waals surface area contributed by atoms with E-state index in [1.54, 1.807) is 4.90 Å². The maximum Gasteiger partial charge on any atom is 0.255 e. The van der Waals surface area contributed by atoms with Gasteiger partial charge < -0.3 is 14.8 Å². The normalized spacial score (nSPS) is 15.2. The van der Waals surface area contributed by atoms with Crippen LogP contribution in [0.4, 0.5) is 0 Å². The predicted molar refractivity (Wildman–Crippen MR) is 125 cm³/mol. The molecule has 0 aliphatic carbocycles. The molecular formula is C27H25N3O2. The Balaban J connectivity index is 1.41. The smallest absolute Gasteiger partial charge is 0.255 e. The first-order valence-electron chi connectivity index (χ1n) is 10.9. The number of fused-ring (bicyclic) bond motifs is 2. The fourth-order valence-corrected chi connectivity index (χ4v) is 4.66. The van der Waals surface area contributed by atoms with E-state index in [0.717, 1.165) is 28.5 Å². The Labute approximate surface area is 187 Å². The Morgan fingerprint density at radius 2 is 1.62 bits per heavy atom. The summed E-state index contributed by atoms with van der Waals surface area (Å²) < 4.78 is 2.08. The van der Waals surface area contributed by atoms with E-state index >= 15 is 0 Å². The van der Waals surface area contributed by atoms with Crippen LogP contribution in [0.3, 0.4) is 0 Å². The first-order chi connectivity index (χ1) is 15.6. The molecule has 2 heterocycles. The second kappa shape index (κ2) is 8.35. The first kappa shape index (κ1) is 20.1. The molecule has 32 heavy (non-hydrogen) atoms. The highest BCUT2D eigenvalue weighted by atomic mass is 16.2. The van der Waals surface area contributed by atoms with Gasteiger partial charge >= 0.3 is 0 Å². The summed E-state index contributed by atoms with van der Waals surface area (Å²) >= 11 is 0. The average molecular weight is 424 g/mol. The van der Waals surface area contributed by atoms with E-state index in [0.29, 0.717) is 12.1 Å². The summed E-state index contributed by atoms with van der Waals surface area (Å²) in [4.78, 5) is 27.8. The summed E-state index contributed by atoms with van der Waals surface area (Å²) in [6, 6.07) is 25.6. The van der Waals surface area contributed by atoms with Crippen LogP contribution in [-0.2, 0) is 18.3 Å². The van der Waals surface area contributed by atoms with Crippen molar-refractivity contribution in [2.75, 3.05) is 13.1 Å². The van der Waals surface area contributed by atoms with Gasteiger partial charge in [0.05, 0.1) is 6.04 Å². The number of nitrogens with one attached hydrogen (secondary N) is 1. The molecule has 0 radical (unpaired) electrons. The minimum absolute atomic E-state index is 0.0240. The van der Waals surface area contributed by atoms with Crippen molar-refractivity contribution in [3.8, 4) is 0 Å². The van der Waals surface area contributed by atoms with Gasteiger partial charge in [0.15, 0.2) is 0 Å². The Morgan fingerprint density at radius 1 is 0.906 bits per heavy atom. The van der Waals surface area contributed by atoms with Crippen LogP contribution in [-0.4, -0.2) is 34.4 Å². The molecule has 0 spiro atoms. The van der Waals surface area contributed by atoms with Gasteiger partial charge in [0, 0.05) is 41.8 Å². The fourth-order valence-electron chi connectivity index (χ4n) is 4.66. The lowest BCUT2D eigenvalue weighted by Crippen LogP contribution is -2.40. The number of carbonyl (C=O) groups excluding carboxylic acids is 2. The molecule has 5 heteroatoms. The molecule has 1 atom stereocenters. The van der Waals surface area contributed by atoms with Crippen LogP contribution in [0.25, 0.3) is 10.9 Å². The second-order valence-electron chi connectivity index (χ2n) is 8.22. The maximum absolute atomic E-state index is 13.3. The van der Waals surface area contributed by atoms with Gasteiger partial charge in [0.1, 0.15) is 6.54 Å². The van der Waals surface area contributed by atoms with Gasteiger partial charge in [0.2, 0.25) is 5.91 Å². The molecule has 1 aromatic heterocycles. The summed E-state index contributed by atoms with van der Waals surface area (Å²) in [6.45, 7) is 0.562. The minimum atomic E-state index is -0.287. The Bertz CT molecular complexity index is 1290. The molecule has 0 saturated carbocycles. The number of benzene rings is 3. The molecule has 1 aliphatic heterocycles. The molecule has 1 aliphatic rings. The number of amides is 2. The number of carbonyl (C=O) groups is 2. The van der Waals surface area contributed by atoms with Crippen molar-refractivity contribution in [3.63, 3.8) is 0 Å². The van der Waals surface area contributed by atoms with Crippen molar-refractivity contribution in [1.29, 1.82) is 0 Å². The molecular weight excluding hydrogens is 398 g/mol. The number of para-hydroxylation sites is 1. The van der Waals surface area contributed by atoms with Gasteiger partial charge in [0.25, 0.3) is 5.91 Å². The Hall–Kier alpha value is -3.86. The van der Waals surface area contributed by atoms with Gasteiger partial charge in [-0.05, 0) is 29.7 Å². The van der Waals surface area contributed by atoms with Gasteiger partial charge in [-0.25, -0.2) is 0 Å².